The number of Topliss-reactive ketones (excluding diaryl/α,β-unsaturated/α-hetero) is 1. The zero-order valence-corrected chi connectivity index (χ0v) is 16.6. The number of carbonyl (C=O) groups excluding carboxylic acids is 2. The molecule has 3 heterocycles. The normalized spacial score (nSPS) is 11.4. The van der Waals surface area contributed by atoms with Crippen LogP contribution in [0.5, 0.6) is 0 Å². The van der Waals surface area contributed by atoms with Crippen molar-refractivity contribution < 1.29 is 19.8 Å². The molecular weight excluding hydrogens is 386 g/mol. The van der Waals surface area contributed by atoms with Gasteiger partial charge in [0.05, 0.1) is 7.57 Å². The molecule has 0 saturated heterocycles. The van der Waals surface area contributed by atoms with Gasteiger partial charge < -0.3 is 14.2 Å². The summed E-state index contributed by atoms with van der Waals surface area (Å²) >= 11 is 0. The summed E-state index contributed by atoms with van der Waals surface area (Å²) in [6.07, 6.45) is 1.40. The molecule has 0 aliphatic heterocycles. The molecule has 9 heteroatoms. The third-order valence-corrected chi connectivity index (χ3v) is 4.24. The van der Waals surface area contributed by atoms with Crippen LogP contribution in [0.4, 0.5) is 5.82 Å². The molecule has 0 fully saturated rings. The van der Waals surface area contributed by atoms with Crippen LogP contribution in [0.1, 0.15) is 46.6 Å². The van der Waals surface area contributed by atoms with Crippen molar-refractivity contribution in [2.24, 2.45) is 0 Å². The molecule has 1 amide bonds. The number of aromatic nitrogens is 4. The highest BCUT2D eigenvalue weighted by Crippen LogP contribution is 2.26. The summed E-state index contributed by atoms with van der Waals surface area (Å²) in [7, 11) is 0. The van der Waals surface area contributed by atoms with Gasteiger partial charge in [-0.3, -0.25) is 9.59 Å². The van der Waals surface area contributed by atoms with E-state index in [2.05, 4.69) is 20.5 Å². The van der Waals surface area contributed by atoms with Crippen LogP contribution in [0.15, 0.2) is 51.4 Å². The molecule has 4 aromatic rings. The summed E-state index contributed by atoms with van der Waals surface area (Å²) in [6, 6.07) is 8.78. The summed E-state index contributed by atoms with van der Waals surface area (Å²) in [5.41, 5.74) is 1.52. The van der Waals surface area contributed by atoms with Crippen molar-refractivity contribution in [3.63, 3.8) is 0 Å². The van der Waals surface area contributed by atoms with Gasteiger partial charge in [-0.2, -0.15) is 9.90 Å². The van der Waals surface area contributed by atoms with E-state index in [1.54, 1.807) is 37.3 Å². The second kappa shape index (κ2) is 7.78. The van der Waals surface area contributed by atoms with Gasteiger partial charge in [0.25, 0.3) is 5.91 Å². The lowest BCUT2D eigenvalue weighted by Gasteiger charge is -2.02. The standard InChI is InChI=1S/C21H19N5O4/c1-12-5-4-6-15(9-12)20-19(23-14(3)29-20)21(28)24-18-10-22-26(25-18)11-16-7-8-17(30-16)13(2)27/h4-10H,11H2,1-3H3,(H,24,25,28)/i5T. The summed E-state index contributed by atoms with van der Waals surface area (Å²) in [5.74, 6) is 1.00. The highest BCUT2D eigenvalue weighted by molar-refractivity contribution is 6.06. The quantitative estimate of drug-likeness (QED) is 0.485. The third-order valence-electron chi connectivity index (χ3n) is 4.24. The number of oxazole rings is 1. The van der Waals surface area contributed by atoms with E-state index in [1.807, 2.05) is 6.92 Å². The van der Waals surface area contributed by atoms with Crippen LogP contribution in [0.3, 0.4) is 0 Å². The van der Waals surface area contributed by atoms with E-state index in [0.29, 0.717) is 29.0 Å². The Morgan fingerprint density at radius 1 is 1.23 bits per heavy atom. The molecule has 0 unspecified atom stereocenters. The molecule has 1 aromatic carbocycles. The number of aryl methyl sites for hydroxylation is 2. The summed E-state index contributed by atoms with van der Waals surface area (Å²) in [4.78, 5) is 29.7. The van der Waals surface area contributed by atoms with Crippen molar-refractivity contribution in [3.05, 3.63) is 71.2 Å². The van der Waals surface area contributed by atoms with Crippen molar-refractivity contribution in [1.82, 2.24) is 20.0 Å². The largest absolute Gasteiger partial charge is 0.456 e. The first-order chi connectivity index (χ1) is 14.8. The maximum absolute atomic E-state index is 12.8. The number of hydrogen-bond donors (Lipinski definition) is 1. The SMILES string of the molecule is [3H]c1ccc(-c2oc(C)nc2C(=O)Nc2cnn(Cc3ccc(C(C)=O)o3)n2)cc1C. The molecule has 30 heavy (non-hydrogen) atoms. The summed E-state index contributed by atoms with van der Waals surface area (Å²) in [6.45, 7) is 5.09. The molecular formula is C21H19N5O4. The van der Waals surface area contributed by atoms with Gasteiger partial charge in [0.15, 0.2) is 34.7 Å². The number of carbonyl (C=O) groups is 2. The van der Waals surface area contributed by atoms with Gasteiger partial charge in [0.1, 0.15) is 12.3 Å². The van der Waals surface area contributed by atoms with Crippen LogP contribution in [0.25, 0.3) is 11.3 Å². The Morgan fingerprint density at radius 2 is 2.07 bits per heavy atom. The van der Waals surface area contributed by atoms with Crippen molar-refractivity contribution in [3.8, 4) is 11.3 Å². The zero-order chi connectivity index (χ0) is 22.1. The minimum absolute atomic E-state index is 0.112. The predicted octanol–water partition coefficient (Wildman–Crippen LogP) is 3.65. The first kappa shape index (κ1) is 18.0. The van der Waals surface area contributed by atoms with Gasteiger partial charge in [-0.25, -0.2) is 4.98 Å². The van der Waals surface area contributed by atoms with E-state index >= 15 is 0 Å². The molecule has 9 nitrogen and oxygen atoms in total. The number of furan rings is 1. The van der Waals surface area contributed by atoms with Gasteiger partial charge in [-0.1, -0.05) is 23.7 Å². The molecule has 152 valence electrons. The highest BCUT2D eigenvalue weighted by Gasteiger charge is 2.21. The van der Waals surface area contributed by atoms with E-state index in [9.17, 15) is 9.59 Å². The number of ketones is 1. The molecule has 0 aliphatic carbocycles. The smallest absolute Gasteiger partial charge is 0.279 e. The van der Waals surface area contributed by atoms with E-state index in [1.165, 1.54) is 17.9 Å². The van der Waals surface area contributed by atoms with Crippen LogP contribution in [-0.2, 0) is 6.54 Å². The Bertz CT molecular complexity index is 1290. The highest BCUT2D eigenvalue weighted by atomic mass is 16.4. The third kappa shape index (κ3) is 4.04. The predicted molar refractivity (Wildman–Crippen MR) is 107 cm³/mol. The Morgan fingerprint density at radius 3 is 2.80 bits per heavy atom. The lowest BCUT2D eigenvalue weighted by molar-refractivity contribution is 0.0983. The molecule has 0 radical (unpaired) electrons. The lowest BCUT2D eigenvalue weighted by Crippen LogP contribution is -2.14. The van der Waals surface area contributed by atoms with Gasteiger partial charge >= 0.3 is 0 Å². The summed E-state index contributed by atoms with van der Waals surface area (Å²) in [5, 5.41) is 11.0. The topological polar surface area (TPSA) is 116 Å². The fourth-order valence-electron chi connectivity index (χ4n) is 2.90. The second-order valence-corrected chi connectivity index (χ2v) is 6.71. The minimum atomic E-state index is -0.497. The number of rotatable bonds is 6. The zero-order valence-electron chi connectivity index (χ0n) is 17.6. The van der Waals surface area contributed by atoms with Crippen LogP contribution < -0.4 is 5.32 Å². The fourth-order valence-corrected chi connectivity index (χ4v) is 2.90. The first-order valence-corrected chi connectivity index (χ1v) is 9.16. The van der Waals surface area contributed by atoms with Crippen LogP contribution in [-0.4, -0.2) is 31.7 Å². The number of nitrogens with one attached hydrogen (secondary N) is 1. The molecule has 3 aromatic heterocycles. The maximum Gasteiger partial charge on any atom is 0.279 e. The van der Waals surface area contributed by atoms with Crippen LogP contribution in [0.2, 0.25) is 0 Å². The number of anilines is 1. The summed E-state index contributed by atoms with van der Waals surface area (Å²) < 4.78 is 18.9. The van der Waals surface area contributed by atoms with E-state index in [0.717, 1.165) is 5.56 Å². The van der Waals surface area contributed by atoms with E-state index in [4.69, 9.17) is 10.2 Å². The molecule has 0 atom stereocenters. The van der Waals surface area contributed by atoms with Crippen LogP contribution >= 0.6 is 0 Å². The lowest BCUT2D eigenvalue weighted by atomic mass is 10.1. The monoisotopic (exact) mass is 407 g/mol. The molecule has 0 spiro atoms. The van der Waals surface area contributed by atoms with Crippen molar-refractivity contribution in [2.45, 2.75) is 27.3 Å². The van der Waals surface area contributed by atoms with Gasteiger partial charge in [-0.15, -0.1) is 5.10 Å². The molecule has 0 aliphatic rings. The Labute approximate surface area is 173 Å². The first-order valence-electron chi connectivity index (χ1n) is 9.66. The van der Waals surface area contributed by atoms with Gasteiger partial charge in [-0.05, 0) is 25.1 Å². The van der Waals surface area contributed by atoms with Crippen molar-refractivity contribution in [1.29, 1.82) is 0 Å². The Balaban J connectivity index is 1.51. The minimum Gasteiger partial charge on any atom is -0.456 e. The van der Waals surface area contributed by atoms with Crippen molar-refractivity contribution in [2.75, 3.05) is 5.32 Å². The number of nitrogens with zero attached hydrogens (tertiary/aromatic N) is 4. The number of hydrogen-bond acceptors (Lipinski definition) is 7. The average Bonchev–Trinajstić information content (AvgIpc) is 3.45. The van der Waals surface area contributed by atoms with Gasteiger partial charge in [0, 0.05) is 19.4 Å². The molecule has 0 bridgehead atoms. The van der Waals surface area contributed by atoms with E-state index < -0.39 is 5.91 Å². The van der Waals surface area contributed by atoms with Crippen LogP contribution in [0, 0.1) is 13.8 Å². The van der Waals surface area contributed by atoms with E-state index in [-0.39, 0.29) is 29.6 Å². The fraction of sp³-hybridized carbons (Fsp3) is 0.190. The second-order valence-electron chi connectivity index (χ2n) is 6.71. The molecule has 1 N–H and O–H groups in total. The molecule has 4 rings (SSSR count). The maximum atomic E-state index is 12.8. The number of benzene rings is 1. The molecule has 0 saturated carbocycles. The Kier molecular flexibility index (Phi) is 4.68. The number of amides is 1. The van der Waals surface area contributed by atoms with Gasteiger partial charge in [0.2, 0.25) is 0 Å². The Hall–Kier alpha value is -4.01. The van der Waals surface area contributed by atoms with Crippen molar-refractivity contribution >= 4 is 17.5 Å². The average molecular weight is 407 g/mol.